The third-order valence-electron chi connectivity index (χ3n) is 7.55. The molecule has 270 valence electrons. The van der Waals surface area contributed by atoms with Crippen LogP contribution in [0, 0.1) is 17.6 Å². The first-order chi connectivity index (χ1) is 23.7. The summed E-state index contributed by atoms with van der Waals surface area (Å²) in [6.45, 7) is 4.16. The number of anilines is 2. The number of aromatic nitrogens is 2. The lowest BCUT2D eigenvalue weighted by Gasteiger charge is -2.21. The zero-order chi connectivity index (χ0) is 36.4. The lowest BCUT2D eigenvalue weighted by atomic mass is 10.0. The number of halogens is 2. The molecule has 3 atom stereocenters. The van der Waals surface area contributed by atoms with E-state index in [0.29, 0.717) is 29.8 Å². The molecular formula is C33H42F2N8O6S. The lowest BCUT2D eigenvalue weighted by molar-refractivity contribution is -0.128. The Morgan fingerprint density at radius 1 is 1.10 bits per heavy atom. The standard InChI is InChI=1S/C33H42F2N8O6S/c1-19(2)28(36)31(45)41-26(7-6-10-38-32(37)46)30(44)43-50(3,47)18-20-13-22-16-23(14-20)48-11-4-5-12-49-27-15-21(34)8-9-24(27)29-25(35)17-39-33(40-22)42-29/h8-9,13-17,19,26,28H,4-7,10-12,18,36H2,1-3H3,(H,41,45)(H3,37,38,46)(H,39,40,42)/t26-,28-,50-/m0/s1. The van der Waals surface area contributed by atoms with E-state index in [1.165, 1.54) is 24.5 Å². The SMILES string of the molecule is CC(C)[C@H](N)C(=O)N[C@@H](CCCNC(N)=O)C(=O)N=[S@@](C)(=O)Cc1cc2cc(c1)OCCCCOc1cc(F)ccc1-c1nc(ncc1F)N2. The number of nitrogens with two attached hydrogens (primary N) is 2. The van der Waals surface area contributed by atoms with E-state index in [4.69, 9.17) is 20.9 Å². The van der Waals surface area contributed by atoms with E-state index in [0.717, 1.165) is 6.20 Å². The van der Waals surface area contributed by atoms with E-state index in [1.54, 1.807) is 32.0 Å². The van der Waals surface area contributed by atoms with Crippen molar-refractivity contribution in [3.05, 3.63) is 59.8 Å². The second kappa shape index (κ2) is 17.2. The number of fused-ring (bicyclic) bond motifs is 6. The van der Waals surface area contributed by atoms with Crippen LogP contribution in [0.2, 0.25) is 0 Å². The van der Waals surface area contributed by atoms with Gasteiger partial charge in [-0.15, -0.1) is 0 Å². The highest BCUT2D eigenvalue weighted by Gasteiger charge is 2.26. The average Bonchev–Trinajstić information content (AvgIpc) is 3.03. The Labute approximate surface area is 289 Å². The lowest BCUT2D eigenvalue weighted by Crippen LogP contribution is -2.50. The molecule has 0 unspecified atom stereocenters. The van der Waals surface area contributed by atoms with Crippen LogP contribution in [0.25, 0.3) is 11.3 Å². The highest BCUT2D eigenvalue weighted by molar-refractivity contribution is 7.92. The molecular weight excluding hydrogens is 674 g/mol. The molecule has 4 rings (SSSR count). The minimum absolute atomic E-state index is 0.00996. The summed E-state index contributed by atoms with van der Waals surface area (Å²) < 4.78 is 58.6. The second-order valence-corrected chi connectivity index (χ2v) is 14.6. The van der Waals surface area contributed by atoms with Gasteiger partial charge in [0.2, 0.25) is 11.9 Å². The molecule has 14 nitrogen and oxygen atoms in total. The Balaban J connectivity index is 1.62. The van der Waals surface area contributed by atoms with Gasteiger partial charge in [-0.3, -0.25) is 9.59 Å². The van der Waals surface area contributed by atoms with Gasteiger partial charge >= 0.3 is 6.03 Å². The van der Waals surface area contributed by atoms with Gasteiger partial charge in [-0.05, 0) is 61.4 Å². The number of amides is 4. The highest BCUT2D eigenvalue weighted by Crippen LogP contribution is 2.33. The Morgan fingerprint density at radius 3 is 2.56 bits per heavy atom. The fourth-order valence-electron chi connectivity index (χ4n) is 4.97. The van der Waals surface area contributed by atoms with Crippen molar-refractivity contribution in [2.24, 2.45) is 21.7 Å². The minimum atomic E-state index is -3.23. The van der Waals surface area contributed by atoms with Crippen LogP contribution in [0.5, 0.6) is 11.5 Å². The van der Waals surface area contributed by atoms with Gasteiger partial charge < -0.3 is 36.9 Å². The summed E-state index contributed by atoms with van der Waals surface area (Å²) in [5.74, 6) is -2.50. The van der Waals surface area contributed by atoms with Gasteiger partial charge in [0.05, 0.1) is 40.9 Å². The summed E-state index contributed by atoms with van der Waals surface area (Å²) in [6.07, 6.45) is 3.76. The minimum Gasteiger partial charge on any atom is -0.494 e. The van der Waals surface area contributed by atoms with Crippen LogP contribution in [0.1, 0.15) is 45.1 Å². The van der Waals surface area contributed by atoms with Crippen LogP contribution in [0.3, 0.4) is 0 Å². The van der Waals surface area contributed by atoms with Crippen molar-refractivity contribution in [2.45, 2.75) is 57.4 Å². The van der Waals surface area contributed by atoms with Crippen molar-refractivity contribution < 1.29 is 36.8 Å². The Kier molecular flexibility index (Phi) is 13.0. The molecule has 0 radical (unpaired) electrons. The molecule has 0 saturated heterocycles. The topological polar surface area (TPSA) is 213 Å². The van der Waals surface area contributed by atoms with Crippen LogP contribution in [-0.2, 0) is 25.1 Å². The van der Waals surface area contributed by atoms with E-state index in [-0.39, 0.29) is 67.2 Å². The quantitative estimate of drug-likeness (QED) is 0.192. The molecule has 1 aliphatic heterocycles. The van der Waals surface area contributed by atoms with Crippen LogP contribution in [0.4, 0.5) is 25.2 Å². The molecule has 17 heteroatoms. The molecule has 3 aromatic rings. The van der Waals surface area contributed by atoms with Crippen molar-refractivity contribution >= 4 is 39.2 Å². The normalized spacial score (nSPS) is 15.3. The summed E-state index contributed by atoms with van der Waals surface area (Å²) in [6, 6.07) is 5.94. The Bertz CT molecular complexity index is 1840. The van der Waals surface area contributed by atoms with Crippen LogP contribution in [0.15, 0.2) is 47.0 Å². The van der Waals surface area contributed by atoms with Gasteiger partial charge in [-0.2, -0.15) is 4.36 Å². The number of hydrogen-bond donors (Lipinski definition) is 5. The van der Waals surface area contributed by atoms with Crippen molar-refractivity contribution in [3.8, 4) is 22.8 Å². The van der Waals surface area contributed by atoms with Gasteiger partial charge in [0, 0.05) is 36.2 Å². The predicted molar refractivity (Wildman–Crippen MR) is 184 cm³/mol. The fraction of sp³-hybridized carbons (Fsp3) is 0.424. The molecule has 1 aliphatic rings. The highest BCUT2D eigenvalue weighted by atomic mass is 32.2. The van der Waals surface area contributed by atoms with E-state index in [1.807, 2.05) is 0 Å². The third-order valence-corrected chi connectivity index (χ3v) is 8.99. The molecule has 2 aromatic carbocycles. The van der Waals surface area contributed by atoms with Gasteiger partial charge in [0.25, 0.3) is 5.91 Å². The number of rotatable bonds is 10. The van der Waals surface area contributed by atoms with Crippen LogP contribution >= 0.6 is 0 Å². The number of carbonyl (C=O) groups is 3. The molecule has 7 N–H and O–H groups in total. The van der Waals surface area contributed by atoms with E-state index >= 15 is 0 Å². The summed E-state index contributed by atoms with van der Waals surface area (Å²) in [5, 5.41) is 8.04. The second-order valence-electron chi connectivity index (χ2n) is 12.2. The maximum Gasteiger partial charge on any atom is 0.312 e. The molecule has 0 aliphatic carbocycles. The average molecular weight is 717 g/mol. The van der Waals surface area contributed by atoms with Crippen molar-refractivity contribution in [2.75, 3.05) is 31.3 Å². The van der Waals surface area contributed by atoms with Crippen molar-refractivity contribution in [1.29, 1.82) is 0 Å². The number of ether oxygens (including phenoxy) is 2. The number of benzene rings is 2. The predicted octanol–water partition coefficient (Wildman–Crippen LogP) is 3.76. The maximum atomic E-state index is 15.0. The molecule has 0 saturated carbocycles. The zero-order valence-corrected chi connectivity index (χ0v) is 28.9. The number of urea groups is 1. The summed E-state index contributed by atoms with van der Waals surface area (Å²) in [4.78, 5) is 45.5. The van der Waals surface area contributed by atoms with Gasteiger partial charge in [0.1, 0.15) is 29.1 Å². The third kappa shape index (κ3) is 11.1. The van der Waals surface area contributed by atoms with Gasteiger partial charge in [0.15, 0.2) is 5.82 Å². The van der Waals surface area contributed by atoms with Crippen LogP contribution < -0.4 is 36.9 Å². The first-order valence-corrected chi connectivity index (χ1v) is 18.1. The number of primary amides is 1. The first-order valence-electron chi connectivity index (χ1n) is 16.0. The zero-order valence-electron chi connectivity index (χ0n) is 28.0. The molecule has 4 bridgehead atoms. The van der Waals surface area contributed by atoms with Crippen molar-refractivity contribution in [3.63, 3.8) is 0 Å². The fourth-order valence-corrected chi connectivity index (χ4v) is 6.33. The smallest absolute Gasteiger partial charge is 0.312 e. The first kappa shape index (κ1) is 37.9. The van der Waals surface area contributed by atoms with Gasteiger partial charge in [-0.1, -0.05) is 13.8 Å². The van der Waals surface area contributed by atoms with E-state index in [9.17, 15) is 27.4 Å². The van der Waals surface area contributed by atoms with Crippen LogP contribution in [-0.4, -0.2) is 70.1 Å². The molecule has 1 aromatic heterocycles. The molecule has 0 fully saturated rings. The summed E-state index contributed by atoms with van der Waals surface area (Å²) >= 11 is 0. The van der Waals surface area contributed by atoms with Gasteiger partial charge in [-0.25, -0.2) is 27.8 Å². The summed E-state index contributed by atoms with van der Waals surface area (Å²) in [7, 11) is -3.23. The maximum absolute atomic E-state index is 15.0. The van der Waals surface area contributed by atoms with Crippen molar-refractivity contribution in [1.82, 2.24) is 20.6 Å². The number of nitrogens with one attached hydrogen (secondary N) is 3. The Morgan fingerprint density at radius 2 is 1.84 bits per heavy atom. The molecule has 50 heavy (non-hydrogen) atoms. The molecule has 4 amide bonds. The number of nitrogens with zero attached hydrogens (tertiary/aromatic N) is 3. The molecule has 2 heterocycles. The van der Waals surface area contributed by atoms with E-state index in [2.05, 4.69) is 30.3 Å². The molecule has 0 spiro atoms. The monoisotopic (exact) mass is 716 g/mol. The summed E-state index contributed by atoms with van der Waals surface area (Å²) in [5.41, 5.74) is 12.1. The van der Waals surface area contributed by atoms with E-state index < -0.39 is 51.3 Å². The number of carbonyl (C=O) groups excluding carboxylic acids is 3. The number of hydrogen-bond acceptors (Lipinski definition) is 10. The Hall–Kier alpha value is -4.90. The largest absolute Gasteiger partial charge is 0.494 e.